The number of hydrogen-bond donors (Lipinski definition) is 4. The molecule has 3 heterocycles. The van der Waals surface area contributed by atoms with Gasteiger partial charge in [0.25, 0.3) is 5.91 Å². The van der Waals surface area contributed by atoms with E-state index in [0.717, 1.165) is 113 Å². The van der Waals surface area contributed by atoms with E-state index in [4.69, 9.17) is 28.2 Å². The molecule has 0 aliphatic rings. The first-order valence-corrected chi connectivity index (χ1v) is 24.4. The Morgan fingerprint density at radius 3 is 2.01 bits per heavy atom. The number of terminal acetylenes is 1. The van der Waals surface area contributed by atoms with Crippen LogP contribution in [0.3, 0.4) is 0 Å². The number of ether oxygens (including phenoxy) is 1. The van der Waals surface area contributed by atoms with Crippen molar-refractivity contribution < 1.29 is 19.1 Å². The van der Waals surface area contributed by atoms with Gasteiger partial charge in [0.1, 0.15) is 5.60 Å². The zero-order valence-electron chi connectivity index (χ0n) is 42.0. The van der Waals surface area contributed by atoms with Crippen molar-refractivity contribution in [3.05, 3.63) is 117 Å². The summed E-state index contributed by atoms with van der Waals surface area (Å²) in [4.78, 5) is 49.9. The van der Waals surface area contributed by atoms with Gasteiger partial charge in [0, 0.05) is 66.6 Å². The van der Waals surface area contributed by atoms with Crippen molar-refractivity contribution in [2.75, 3.05) is 24.6 Å². The minimum absolute atomic E-state index is 0. The third-order valence-electron chi connectivity index (χ3n) is 10.7. The average molecular weight is 999 g/mol. The lowest BCUT2D eigenvalue weighted by Crippen LogP contribution is -2.27. The van der Waals surface area contributed by atoms with Crippen LogP contribution in [0.4, 0.5) is 16.7 Å². The van der Waals surface area contributed by atoms with E-state index in [1.165, 1.54) is 35.0 Å². The van der Waals surface area contributed by atoms with Gasteiger partial charge in [-0.15, -0.1) is 29.8 Å². The molecular weight excluding hydrogens is 918 g/mol. The fourth-order valence-electron chi connectivity index (χ4n) is 6.95. The second-order valence-corrected chi connectivity index (χ2v) is 17.9. The zero-order chi connectivity index (χ0) is 50.3. The Kier molecular flexibility index (Phi) is 31.2. The molecule has 388 valence electrons. The second-order valence-electron chi connectivity index (χ2n) is 17.9. The lowest BCUT2D eigenvalue weighted by Gasteiger charge is -2.19. The van der Waals surface area contributed by atoms with Crippen LogP contribution >= 0.6 is 12.4 Å². The summed E-state index contributed by atoms with van der Waals surface area (Å²) < 4.78 is 8.36. The predicted octanol–water partition coefficient (Wildman–Crippen LogP) is 11.7. The van der Waals surface area contributed by atoms with Crippen LogP contribution < -0.4 is 16.8 Å². The normalized spacial score (nSPS) is 10.4. The number of Topliss-reactive ketones (excluding diaryl/α,β-unsaturated/α-hetero) is 1. The molecular formula is C53H80ClN13O4. The van der Waals surface area contributed by atoms with E-state index in [2.05, 4.69) is 72.5 Å². The molecule has 0 aliphatic heterocycles. The molecule has 0 atom stereocenters. The molecule has 0 saturated heterocycles. The van der Waals surface area contributed by atoms with Gasteiger partial charge in [0.05, 0.1) is 17.6 Å². The smallest absolute Gasteiger partial charge is 0.421 e. The van der Waals surface area contributed by atoms with Gasteiger partial charge in [-0.05, 0) is 127 Å². The number of rotatable bonds is 26. The largest absolute Gasteiger partial charge is 0.443 e. The number of azide groups is 1. The van der Waals surface area contributed by atoms with Gasteiger partial charge in [0.15, 0.2) is 11.7 Å². The first kappa shape index (κ1) is 62.4. The first-order chi connectivity index (χ1) is 33.2. The topological polar surface area (TPSA) is 250 Å². The van der Waals surface area contributed by atoms with Gasteiger partial charge in [-0.1, -0.05) is 93.7 Å². The maximum atomic E-state index is 12.4. The molecule has 71 heavy (non-hydrogen) atoms. The number of nitrogens with two attached hydrogens (primary N) is 2. The summed E-state index contributed by atoms with van der Waals surface area (Å²) in [5.74, 6) is 3.32. The van der Waals surface area contributed by atoms with Gasteiger partial charge in [-0.3, -0.25) is 14.3 Å². The Morgan fingerprint density at radius 1 is 0.831 bits per heavy atom. The van der Waals surface area contributed by atoms with Gasteiger partial charge >= 0.3 is 6.09 Å². The van der Waals surface area contributed by atoms with Gasteiger partial charge in [-0.25, -0.2) is 19.3 Å². The summed E-state index contributed by atoms with van der Waals surface area (Å²) in [5, 5.41) is 14.5. The number of aryl methyl sites for hydroxylation is 6. The summed E-state index contributed by atoms with van der Waals surface area (Å²) in [6.07, 6.45) is 28.1. The molecule has 0 bridgehead atoms. The van der Waals surface area contributed by atoms with Gasteiger partial charge in [-0.2, -0.15) is 0 Å². The molecule has 5 rings (SSSR count). The molecule has 3 aromatic heterocycles. The number of H-pyrrole nitrogens is 1. The molecule has 17 nitrogen and oxygen atoms in total. The van der Waals surface area contributed by atoms with Crippen molar-refractivity contribution in [3.63, 3.8) is 0 Å². The molecule has 5 aromatic rings. The molecule has 0 unspecified atom stereocenters. The summed E-state index contributed by atoms with van der Waals surface area (Å²) in [6.45, 7) is 11.1. The molecule has 0 aliphatic carbocycles. The van der Waals surface area contributed by atoms with Crippen LogP contribution in [0.2, 0.25) is 0 Å². The van der Waals surface area contributed by atoms with Crippen LogP contribution in [0.25, 0.3) is 10.4 Å². The van der Waals surface area contributed by atoms with Crippen molar-refractivity contribution in [2.45, 2.75) is 170 Å². The highest BCUT2D eigenvalue weighted by Gasteiger charge is 2.20. The van der Waals surface area contributed by atoms with E-state index in [0.29, 0.717) is 31.0 Å². The number of halogens is 1. The number of carbonyl (C=O) groups excluding carboxylic acids is 3. The summed E-state index contributed by atoms with van der Waals surface area (Å²) >= 11 is 0. The molecule has 6 N–H and O–H groups in total. The van der Waals surface area contributed by atoms with Crippen LogP contribution in [0.15, 0.2) is 72.2 Å². The van der Waals surface area contributed by atoms with E-state index in [-0.39, 0.29) is 44.0 Å². The van der Waals surface area contributed by atoms with Crippen molar-refractivity contribution >= 4 is 42.1 Å². The number of benzene rings is 2. The number of unbranched alkanes of at least 4 members (excludes halogenated alkanes) is 7. The number of carbonyl (C=O) groups is 3. The standard InChI is InChI=1S/C24H34N6O.C15H23N3O2.C13H18N4O.CH4.ClH/c1-2-3-8-19-12-14-20(15-13-19)23(31)11-7-16-30-18-22(28-29-30)10-6-4-5-9-21-17-26-24(25)27-21;1-5-6-7-8-9-10-12-11-18(13(16)17-12)14(19)20-15(2,3)4;1-2-3-4-11-5-7-12(8-6-11)13(18)15-9-10-16-17-14;;/h12-15,17-18H,2-11,16H2,1H3,(H3,25,26,27);1,11H,6-10H2,2-4H3,(H2,16,17);5-8H,2-4,9-10H2,1H3,(H,15,18);1H4;1H. The van der Waals surface area contributed by atoms with E-state index in [1.54, 1.807) is 12.4 Å². The maximum Gasteiger partial charge on any atom is 0.421 e. The minimum atomic E-state index is -0.552. The summed E-state index contributed by atoms with van der Waals surface area (Å²) in [5.41, 5.74) is 25.8. The number of nitrogens with one attached hydrogen (secondary N) is 2. The lowest BCUT2D eigenvalue weighted by atomic mass is 10.0. The van der Waals surface area contributed by atoms with Crippen molar-refractivity contribution in [1.29, 1.82) is 0 Å². The number of ketones is 1. The van der Waals surface area contributed by atoms with Crippen molar-refractivity contribution in [3.8, 4) is 12.3 Å². The van der Waals surface area contributed by atoms with E-state index in [1.807, 2.05) is 68.0 Å². The lowest BCUT2D eigenvalue weighted by molar-refractivity contribution is 0.0540. The third kappa shape index (κ3) is 26.2. The van der Waals surface area contributed by atoms with E-state index >= 15 is 0 Å². The minimum Gasteiger partial charge on any atom is -0.443 e. The number of aromatic nitrogens is 7. The SMILES string of the molecule is C.C#CCCCCCc1cn(C(=O)OC(C)(C)C)c(N)n1.CCCCc1ccc(C(=O)CCCn2cc(CCCCCc3cnc(N)[nH]3)nn2)cc1.CCCCc1ccc(C(=O)NCCN=[N+]=[N-])cc1.Cl. The number of nitrogen functional groups attached to an aromatic ring is 2. The quantitative estimate of drug-likeness (QED) is 0.0102. The highest BCUT2D eigenvalue weighted by molar-refractivity contribution is 5.96. The van der Waals surface area contributed by atoms with E-state index in [9.17, 15) is 14.4 Å². The number of aromatic amines is 1. The average Bonchev–Trinajstić information content (AvgIpc) is 4.08. The Morgan fingerprint density at radius 2 is 1.44 bits per heavy atom. The van der Waals surface area contributed by atoms with Crippen molar-refractivity contribution in [2.24, 2.45) is 5.11 Å². The molecule has 0 saturated carbocycles. The molecule has 1 amide bonds. The summed E-state index contributed by atoms with van der Waals surface area (Å²) in [7, 11) is 0. The fourth-order valence-corrected chi connectivity index (χ4v) is 6.95. The molecule has 0 radical (unpaired) electrons. The number of anilines is 2. The fraction of sp³-hybridized carbons (Fsp3) is 0.528. The molecule has 0 spiro atoms. The van der Waals surface area contributed by atoms with Crippen molar-refractivity contribution in [1.82, 2.24) is 39.8 Å². The van der Waals surface area contributed by atoms with Crippen LogP contribution in [-0.2, 0) is 43.4 Å². The third-order valence-corrected chi connectivity index (χ3v) is 10.7. The van der Waals surface area contributed by atoms with Gasteiger partial charge < -0.3 is 26.5 Å². The Bertz CT molecular complexity index is 2350. The zero-order valence-corrected chi connectivity index (χ0v) is 42.8. The molecule has 0 fully saturated rings. The van der Waals surface area contributed by atoms with Crippen LogP contribution in [0, 0.1) is 12.3 Å². The maximum absolute atomic E-state index is 12.4. The van der Waals surface area contributed by atoms with Crippen LogP contribution in [0.1, 0.15) is 174 Å². The van der Waals surface area contributed by atoms with Crippen LogP contribution in [-0.4, -0.2) is 71.0 Å². The Balaban J connectivity index is 0.000000553. The first-order valence-electron chi connectivity index (χ1n) is 24.4. The van der Waals surface area contributed by atoms with E-state index < -0.39 is 11.7 Å². The summed E-state index contributed by atoms with van der Waals surface area (Å²) in [6, 6.07) is 15.7. The Hall–Kier alpha value is -6.63. The highest BCUT2D eigenvalue weighted by Crippen LogP contribution is 2.16. The highest BCUT2D eigenvalue weighted by atomic mass is 35.5. The number of hydrogen-bond acceptors (Lipinski definition) is 11. The molecule has 2 aromatic carbocycles. The van der Waals surface area contributed by atoms with Gasteiger partial charge in [0.2, 0.25) is 5.95 Å². The monoisotopic (exact) mass is 998 g/mol. The van der Waals surface area contributed by atoms with Crippen LogP contribution in [0.5, 0.6) is 0 Å². The Labute approximate surface area is 428 Å². The number of nitrogens with zero attached hydrogens (tertiary/aromatic N) is 9. The molecule has 18 heteroatoms. The number of imidazole rings is 2. The number of amides is 1. The predicted molar refractivity (Wildman–Crippen MR) is 288 cm³/mol. The second kappa shape index (κ2) is 35.5.